The molecule has 116 valence electrons. The van der Waals surface area contributed by atoms with Gasteiger partial charge in [0.25, 0.3) is 5.56 Å². The lowest BCUT2D eigenvalue weighted by molar-refractivity contribution is 0.169. The largest absolute Gasteiger partial charge is 0.370 e. The zero-order valence-corrected chi connectivity index (χ0v) is 13.0. The zero-order valence-electron chi connectivity index (χ0n) is 13.0. The van der Waals surface area contributed by atoms with Gasteiger partial charge in [0.15, 0.2) is 0 Å². The number of hydrogen-bond acceptors (Lipinski definition) is 4. The maximum absolute atomic E-state index is 12.2. The van der Waals surface area contributed by atoms with E-state index >= 15 is 0 Å². The lowest BCUT2D eigenvalue weighted by Crippen LogP contribution is -2.37. The fourth-order valence-corrected chi connectivity index (χ4v) is 3.52. The van der Waals surface area contributed by atoms with E-state index in [0.29, 0.717) is 6.04 Å². The molecule has 0 radical (unpaired) electrons. The van der Waals surface area contributed by atoms with E-state index in [2.05, 4.69) is 21.9 Å². The van der Waals surface area contributed by atoms with E-state index in [-0.39, 0.29) is 5.56 Å². The Kier molecular flexibility index (Phi) is 4.58. The maximum Gasteiger partial charge on any atom is 0.268 e. The first-order valence-electron chi connectivity index (χ1n) is 8.26. The van der Waals surface area contributed by atoms with Crippen molar-refractivity contribution in [2.75, 3.05) is 31.6 Å². The van der Waals surface area contributed by atoms with E-state index in [9.17, 15) is 4.79 Å². The Hall–Kier alpha value is -1.36. The molecule has 1 aromatic heterocycles. The molecule has 2 saturated heterocycles. The van der Waals surface area contributed by atoms with Gasteiger partial charge >= 0.3 is 0 Å². The topological polar surface area (TPSA) is 41.4 Å². The fourth-order valence-electron chi connectivity index (χ4n) is 3.52. The predicted molar refractivity (Wildman–Crippen MR) is 84.8 cm³/mol. The van der Waals surface area contributed by atoms with Gasteiger partial charge in [0.05, 0.1) is 11.9 Å². The molecule has 1 atom stereocenters. The quantitative estimate of drug-likeness (QED) is 0.846. The number of piperidine rings is 1. The van der Waals surface area contributed by atoms with Crippen molar-refractivity contribution >= 4 is 5.69 Å². The van der Waals surface area contributed by atoms with Crippen molar-refractivity contribution in [3.63, 3.8) is 0 Å². The lowest BCUT2D eigenvalue weighted by atomic mass is 10.0. The molecule has 0 amide bonds. The summed E-state index contributed by atoms with van der Waals surface area (Å²) in [5, 5.41) is 4.38. The first-order chi connectivity index (χ1) is 10.2. The maximum atomic E-state index is 12.2. The second kappa shape index (κ2) is 6.60. The van der Waals surface area contributed by atoms with E-state index < -0.39 is 0 Å². The van der Waals surface area contributed by atoms with Gasteiger partial charge in [-0.2, -0.15) is 5.10 Å². The van der Waals surface area contributed by atoms with Gasteiger partial charge in [-0.3, -0.25) is 4.79 Å². The van der Waals surface area contributed by atoms with Crippen LogP contribution in [0.1, 0.15) is 38.5 Å². The average molecular weight is 290 g/mol. The molecular formula is C16H26N4O. The molecule has 5 heteroatoms. The summed E-state index contributed by atoms with van der Waals surface area (Å²) in [6.07, 6.45) is 9.18. The van der Waals surface area contributed by atoms with E-state index in [1.807, 2.05) is 6.20 Å². The third kappa shape index (κ3) is 3.46. The highest BCUT2D eigenvalue weighted by molar-refractivity contribution is 5.43. The van der Waals surface area contributed by atoms with Crippen LogP contribution >= 0.6 is 0 Å². The van der Waals surface area contributed by atoms with Crippen LogP contribution in [0.2, 0.25) is 0 Å². The van der Waals surface area contributed by atoms with E-state index in [4.69, 9.17) is 0 Å². The molecule has 2 aliphatic rings. The van der Waals surface area contributed by atoms with E-state index in [0.717, 1.165) is 31.7 Å². The summed E-state index contributed by atoms with van der Waals surface area (Å²) in [5.41, 5.74) is 1.03. The zero-order chi connectivity index (χ0) is 14.7. The third-order valence-electron chi connectivity index (χ3n) is 4.92. The fraction of sp³-hybridized carbons (Fsp3) is 0.750. The molecule has 0 saturated carbocycles. The van der Waals surface area contributed by atoms with Crippen LogP contribution in [-0.4, -0.2) is 47.4 Å². The van der Waals surface area contributed by atoms with Gasteiger partial charge in [0.1, 0.15) is 0 Å². The molecule has 1 aromatic rings. The van der Waals surface area contributed by atoms with Crippen LogP contribution in [0.3, 0.4) is 0 Å². The van der Waals surface area contributed by atoms with Gasteiger partial charge in [0.2, 0.25) is 0 Å². The normalized spacial score (nSPS) is 23.7. The van der Waals surface area contributed by atoms with Crippen LogP contribution in [0.15, 0.2) is 17.1 Å². The van der Waals surface area contributed by atoms with E-state index in [1.165, 1.54) is 38.6 Å². The summed E-state index contributed by atoms with van der Waals surface area (Å²) in [6, 6.07) is 2.36. The van der Waals surface area contributed by atoms with Gasteiger partial charge in [0, 0.05) is 31.7 Å². The van der Waals surface area contributed by atoms with Gasteiger partial charge in [-0.05, 0) is 45.7 Å². The number of aryl methyl sites for hydroxylation is 1. The van der Waals surface area contributed by atoms with Crippen molar-refractivity contribution in [1.29, 1.82) is 0 Å². The second-order valence-electron chi connectivity index (χ2n) is 6.39. The number of nitrogens with zero attached hydrogens (tertiary/aromatic N) is 4. The highest BCUT2D eigenvalue weighted by atomic mass is 16.1. The van der Waals surface area contributed by atoms with Crippen LogP contribution in [0.5, 0.6) is 0 Å². The molecular weight excluding hydrogens is 264 g/mol. The Bertz CT molecular complexity index is 521. The van der Waals surface area contributed by atoms with Crippen molar-refractivity contribution in [3.05, 3.63) is 22.6 Å². The number of hydrogen-bond donors (Lipinski definition) is 0. The summed E-state index contributed by atoms with van der Waals surface area (Å²) >= 11 is 0. The Balaban J connectivity index is 1.61. The molecule has 21 heavy (non-hydrogen) atoms. The van der Waals surface area contributed by atoms with Gasteiger partial charge in [-0.1, -0.05) is 6.42 Å². The van der Waals surface area contributed by atoms with Crippen LogP contribution in [0.4, 0.5) is 5.69 Å². The van der Waals surface area contributed by atoms with Crippen molar-refractivity contribution in [2.45, 2.75) is 51.1 Å². The summed E-state index contributed by atoms with van der Waals surface area (Å²) in [7, 11) is 2.19. The van der Waals surface area contributed by atoms with Crippen molar-refractivity contribution in [1.82, 2.24) is 14.7 Å². The van der Waals surface area contributed by atoms with Gasteiger partial charge in [-0.25, -0.2) is 4.68 Å². The highest BCUT2D eigenvalue weighted by Gasteiger charge is 2.19. The number of anilines is 1. The molecule has 2 fully saturated rings. The Morgan fingerprint density at radius 2 is 1.95 bits per heavy atom. The molecule has 5 nitrogen and oxygen atoms in total. The Morgan fingerprint density at radius 1 is 1.19 bits per heavy atom. The van der Waals surface area contributed by atoms with Crippen molar-refractivity contribution < 1.29 is 0 Å². The van der Waals surface area contributed by atoms with E-state index in [1.54, 1.807) is 10.7 Å². The first kappa shape index (κ1) is 14.6. The number of likely N-dealkylation sites (tertiary alicyclic amines) is 1. The molecule has 1 unspecified atom stereocenters. The Labute approximate surface area is 126 Å². The summed E-state index contributed by atoms with van der Waals surface area (Å²) in [6.45, 7) is 4.02. The monoisotopic (exact) mass is 290 g/mol. The summed E-state index contributed by atoms with van der Waals surface area (Å²) in [4.78, 5) is 16.9. The summed E-state index contributed by atoms with van der Waals surface area (Å²) < 4.78 is 1.63. The van der Waals surface area contributed by atoms with Crippen LogP contribution in [0, 0.1) is 0 Å². The van der Waals surface area contributed by atoms with Crippen LogP contribution in [0.25, 0.3) is 0 Å². The molecule has 3 rings (SSSR count). The summed E-state index contributed by atoms with van der Waals surface area (Å²) in [5.74, 6) is 0. The number of aromatic nitrogens is 2. The second-order valence-corrected chi connectivity index (χ2v) is 6.39. The average Bonchev–Trinajstić information content (AvgIpc) is 3.02. The standard InChI is InChI=1S/C16H26N4O/c1-18-8-3-2-6-14(18)7-11-20-16(21)12-15(13-17-20)19-9-4-5-10-19/h12-14H,2-11H2,1H3. The molecule has 2 aliphatic heterocycles. The minimum Gasteiger partial charge on any atom is -0.370 e. The highest BCUT2D eigenvalue weighted by Crippen LogP contribution is 2.19. The SMILES string of the molecule is CN1CCCCC1CCn1ncc(N2CCCC2)cc1=O. The van der Waals surface area contributed by atoms with Crippen molar-refractivity contribution in [2.24, 2.45) is 0 Å². The number of rotatable bonds is 4. The van der Waals surface area contributed by atoms with Crippen LogP contribution in [-0.2, 0) is 6.54 Å². The molecule has 0 N–H and O–H groups in total. The smallest absolute Gasteiger partial charge is 0.268 e. The Morgan fingerprint density at radius 3 is 2.67 bits per heavy atom. The molecule has 0 spiro atoms. The molecule has 0 aromatic carbocycles. The minimum absolute atomic E-state index is 0.0397. The minimum atomic E-state index is 0.0397. The van der Waals surface area contributed by atoms with Crippen LogP contribution < -0.4 is 10.5 Å². The molecule has 0 bridgehead atoms. The lowest BCUT2D eigenvalue weighted by Gasteiger charge is -2.32. The van der Waals surface area contributed by atoms with Gasteiger partial charge in [-0.15, -0.1) is 0 Å². The van der Waals surface area contributed by atoms with Crippen molar-refractivity contribution in [3.8, 4) is 0 Å². The first-order valence-corrected chi connectivity index (χ1v) is 8.26. The predicted octanol–water partition coefficient (Wildman–Crippen LogP) is 1.72. The molecule has 3 heterocycles. The third-order valence-corrected chi connectivity index (χ3v) is 4.92. The van der Waals surface area contributed by atoms with Gasteiger partial charge < -0.3 is 9.80 Å². The molecule has 0 aliphatic carbocycles.